The fraction of sp³-hybridized carbons (Fsp3) is 0.280. The number of rotatable bonds is 4. The predicted octanol–water partition coefficient (Wildman–Crippen LogP) is 6.31. The Bertz CT molecular complexity index is 846. The van der Waals surface area contributed by atoms with E-state index in [0.717, 1.165) is 6.54 Å². The molecule has 0 bridgehead atoms. The molecule has 0 unspecified atom stereocenters. The maximum Gasteiger partial charge on any atom is 0.0242 e. The summed E-state index contributed by atoms with van der Waals surface area (Å²) in [6, 6.07) is 26.3. The molecular formula is C25H27N. The number of aryl methyl sites for hydroxylation is 1. The van der Waals surface area contributed by atoms with Crippen LogP contribution >= 0.6 is 0 Å². The van der Waals surface area contributed by atoms with Gasteiger partial charge in [0, 0.05) is 6.54 Å². The van der Waals surface area contributed by atoms with E-state index in [-0.39, 0.29) is 0 Å². The quantitative estimate of drug-likeness (QED) is 0.537. The van der Waals surface area contributed by atoms with Crippen LogP contribution in [0.3, 0.4) is 0 Å². The van der Waals surface area contributed by atoms with Crippen molar-refractivity contribution in [3.63, 3.8) is 0 Å². The van der Waals surface area contributed by atoms with Crippen LogP contribution in [-0.2, 0) is 6.54 Å². The highest BCUT2D eigenvalue weighted by Crippen LogP contribution is 2.33. The smallest absolute Gasteiger partial charge is 0.0242 e. The second-order valence-corrected chi connectivity index (χ2v) is 7.39. The molecule has 3 aromatic rings. The minimum absolute atomic E-state index is 1.06. The molecule has 1 saturated heterocycles. The molecule has 0 saturated carbocycles. The van der Waals surface area contributed by atoms with Gasteiger partial charge in [0.1, 0.15) is 0 Å². The lowest BCUT2D eigenvalue weighted by molar-refractivity contribution is 0.221. The van der Waals surface area contributed by atoms with Crippen LogP contribution in [0.5, 0.6) is 0 Å². The third-order valence-electron chi connectivity index (χ3n) is 5.50. The summed E-state index contributed by atoms with van der Waals surface area (Å²) in [6.07, 6.45) is 4.05. The van der Waals surface area contributed by atoms with Crippen molar-refractivity contribution in [3.8, 4) is 22.3 Å². The van der Waals surface area contributed by atoms with Crippen LogP contribution < -0.4 is 0 Å². The monoisotopic (exact) mass is 341 g/mol. The standard InChI is InChI=1S/C25H27N/c1-20-17-23(21-11-5-2-6-12-21)18-24(22-13-7-3-8-14-22)25(20)19-26-15-9-4-10-16-26/h2-3,5-8,11-14,17-18H,4,9-10,15-16,19H2,1H3. The molecule has 0 aliphatic carbocycles. The van der Waals surface area contributed by atoms with E-state index >= 15 is 0 Å². The molecular weight excluding hydrogens is 314 g/mol. The molecule has 4 rings (SSSR count). The number of nitrogens with zero attached hydrogens (tertiary/aromatic N) is 1. The highest BCUT2D eigenvalue weighted by atomic mass is 15.1. The second kappa shape index (κ2) is 7.88. The number of benzene rings is 3. The van der Waals surface area contributed by atoms with Crippen molar-refractivity contribution in [2.75, 3.05) is 13.1 Å². The molecule has 1 aliphatic heterocycles. The van der Waals surface area contributed by atoms with Crippen molar-refractivity contribution in [1.82, 2.24) is 4.90 Å². The van der Waals surface area contributed by atoms with E-state index in [9.17, 15) is 0 Å². The second-order valence-electron chi connectivity index (χ2n) is 7.39. The molecule has 1 nitrogen and oxygen atoms in total. The molecule has 0 aromatic heterocycles. The highest BCUT2D eigenvalue weighted by Gasteiger charge is 2.16. The molecule has 0 radical (unpaired) electrons. The van der Waals surface area contributed by atoms with Crippen LogP contribution in [0.2, 0.25) is 0 Å². The van der Waals surface area contributed by atoms with Gasteiger partial charge in [0.15, 0.2) is 0 Å². The van der Waals surface area contributed by atoms with E-state index in [2.05, 4.69) is 84.6 Å². The number of hydrogen-bond acceptors (Lipinski definition) is 1. The van der Waals surface area contributed by atoms with Gasteiger partial charge >= 0.3 is 0 Å². The van der Waals surface area contributed by atoms with Crippen molar-refractivity contribution < 1.29 is 0 Å². The number of likely N-dealkylation sites (tertiary alicyclic amines) is 1. The van der Waals surface area contributed by atoms with E-state index in [0.29, 0.717) is 0 Å². The summed E-state index contributed by atoms with van der Waals surface area (Å²) in [5.41, 5.74) is 8.19. The zero-order valence-electron chi connectivity index (χ0n) is 15.6. The molecule has 26 heavy (non-hydrogen) atoms. The van der Waals surface area contributed by atoms with E-state index in [1.807, 2.05) is 0 Å². The van der Waals surface area contributed by atoms with E-state index in [1.165, 1.54) is 65.7 Å². The van der Waals surface area contributed by atoms with E-state index in [1.54, 1.807) is 0 Å². The Hall–Kier alpha value is -2.38. The Labute approximate surface area is 157 Å². The summed E-state index contributed by atoms with van der Waals surface area (Å²) < 4.78 is 0. The third-order valence-corrected chi connectivity index (χ3v) is 5.50. The first-order chi connectivity index (χ1) is 12.8. The Morgan fingerprint density at radius 2 is 1.31 bits per heavy atom. The summed E-state index contributed by atoms with van der Waals surface area (Å²) in [5.74, 6) is 0. The average molecular weight is 341 g/mol. The van der Waals surface area contributed by atoms with E-state index < -0.39 is 0 Å². The Balaban J connectivity index is 1.79. The minimum atomic E-state index is 1.06. The molecule has 1 heteroatoms. The molecule has 1 fully saturated rings. The van der Waals surface area contributed by atoms with Crippen molar-refractivity contribution in [3.05, 3.63) is 83.9 Å². The predicted molar refractivity (Wildman–Crippen MR) is 111 cm³/mol. The lowest BCUT2D eigenvalue weighted by atomic mass is 9.90. The van der Waals surface area contributed by atoms with Crippen LogP contribution in [0, 0.1) is 6.92 Å². The fourth-order valence-corrected chi connectivity index (χ4v) is 4.04. The molecule has 1 heterocycles. The van der Waals surface area contributed by atoms with Crippen LogP contribution in [-0.4, -0.2) is 18.0 Å². The van der Waals surface area contributed by atoms with Crippen molar-refractivity contribution in [2.45, 2.75) is 32.7 Å². The van der Waals surface area contributed by atoms with Gasteiger partial charge in [-0.3, -0.25) is 4.90 Å². The normalized spacial score (nSPS) is 15.1. The molecule has 132 valence electrons. The molecule has 1 aliphatic rings. The van der Waals surface area contributed by atoms with Gasteiger partial charge < -0.3 is 0 Å². The summed E-state index contributed by atoms with van der Waals surface area (Å²) >= 11 is 0. The average Bonchev–Trinajstić information content (AvgIpc) is 2.71. The first-order valence-corrected chi connectivity index (χ1v) is 9.78. The van der Waals surface area contributed by atoms with Gasteiger partial charge in [0.2, 0.25) is 0 Å². The first kappa shape index (κ1) is 17.1. The van der Waals surface area contributed by atoms with E-state index in [4.69, 9.17) is 0 Å². The van der Waals surface area contributed by atoms with Gasteiger partial charge in [0.05, 0.1) is 0 Å². The number of hydrogen-bond donors (Lipinski definition) is 0. The summed E-state index contributed by atoms with van der Waals surface area (Å²) in [6.45, 7) is 5.80. The Morgan fingerprint density at radius 1 is 0.692 bits per heavy atom. The lowest BCUT2D eigenvalue weighted by Gasteiger charge is -2.28. The maximum atomic E-state index is 2.63. The van der Waals surface area contributed by atoms with Gasteiger partial charge in [-0.05, 0) is 72.3 Å². The Morgan fingerprint density at radius 3 is 1.96 bits per heavy atom. The molecule has 0 amide bonds. The highest BCUT2D eigenvalue weighted by molar-refractivity contribution is 5.77. The lowest BCUT2D eigenvalue weighted by Crippen LogP contribution is -2.29. The topological polar surface area (TPSA) is 3.24 Å². The van der Waals surface area contributed by atoms with Crippen molar-refractivity contribution in [1.29, 1.82) is 0 Å². The first-order valence-electron chi connectivity index (χ1n) is 9.78. The summed E-state index contributed by atoms with van der Waals surface area (Å²) in [4.78, 5) is 2.63. The van der Waals surface area contributed by atoms with Gasteiger partial charge in [-0.1, -0.05) is 73.2 Å². The van der Waals surface area contributed by atoms with Crippen LogP contribution in [0.4, 0.5) is 0 Å². The third kappa shape index (κ3) is 3.73. The molecule has 0 N–H and O–H groups in total. The minimum Gasteiger partial charge on any atom is -0.299 e. The van der Waals surface area contributed by atoms with Gasteiger partial charge in [-0.15, -0.1) is 0 Å². The Kier molecular flexibility index (Phi) is 5.17. The summed E-state index contributed by atoms with van der Waals surface area (Å²) in [5, 5.41) is 0. The van der Waals surface area contributed by atoms with Crippen LogP contribution in [0.25, 0.3) is 22.3 Å². The molecule has 3 aromatic carbocycles. The largest absolute Gasteiger partial charge is 0.299 e. The number of piperidine rings is 1. The summed E-state index contributed by atoms with van der Waals surface area (Å²) in [7, 11) is 0. The van der Waals surface area contributed by atoms with Crippen molar-refractivity contribution in [2.24, 2.45) is 0 Å². The zero-order valence-corrected chi connectivity index (χ0v) is 15.6. The van der Waals surface area contributed by atoms with Gasteiger partial charge in [0.25, 0.3) is 0 Å². The van der Waals surface area contributed by atoms with Crippen LogP contribution in [0.1, 0.15) is 30.4 Å². The SMILES string of the molecule is Cc1cc(-c2ccccc2)cc(-c2ccccc2)c1CN1CCCCC1. The van der Waals surface area contributed by atoms with Gasteiger partial charge in [-0.25, -0.2) is 0 Å². The fourth-order valence-electron chi connectivity index (χ4n) is 4.04. The molecule has 0 spiro atoms. The van der Waals surface area contributed by atoms with Crippen LogP contribution in [0.15, 0.2) is 72.8 Å². The zero-order chi connectivity index (χ0) is 17.8. The molecule has 0 atom stereocenters. The maximum absolute atomic E-state index is 2.63. The van der Waals surface area contributed by atoms with Gasteiger partial charge in [-0.2, -0.15) is 0 Å². The van der Waals surface area contributed by atoms with Crippen molar-refractivity contribution >= 4 is 0 Å².